The Labute approximate surface area is 152 Å². The first-order chi connectivity index (χ1) is 12.4. The average molecular weight is 347 g/mol. The number of aryl methyl sites for hydroxylation is 1. The Morgan fingerprint density at radius 1 is 1.08 bits per heavy atom. The molecule has 3 rings (SSSR count). The summed E-state index contributed by atoms with van der Waals surface area (Å²) in [5, 5.41) is 13.4. The molecule has 5 nitrogen and oxygen atoms in total. The van der Waals surface area contributed by atoms with Gasteiger partial charge in [-0.25, -0.2) is 9.97 Å². The highest BCUT2D eigenvalue weighted by Crippen LogP contribution is 2.25. The molecule has 2 aromatic carbocycles. The molecule has 26 heavy (non-hydrogen) atoms. The Balaban J connectivity index is 1.66. The molecule has 0 spiro atoms. The molecule has 3 aromatic rings. The summed E-state index contributed by atoms with van der Waals surface area (Å²) in [6, 6.07) is 18.3. The van der Waals surface area contributed by atoms with Crippen molar-refractivity contribution in [3.05, 3.63) is 78.1 Å². The molecule has 132 valence electrons. The third-order valence-electron chi connectivity index (χ3n) is 4.12. The quantitative estimate of drug-likeness (QED) is 0.738. The molecular formula is C21H21N3O2. The maximum absolute atomic E-state index is 12.3. The van der Waals surface area contributed by atoms with E-state index in [1.165, 1.54) is 0 Å². The maximum Gasteiger partial charge on any atom is 0.227 e. The first-order valence-electron chi connectivity index (χ1n) is 8.42. The largest absolute Gasteiger partial charge is 0.385 e. The lowest BCUT2D eigenvalue weighted by Crippen LogP contribution is -2.28. The summed E-state index contributed by atoms with van der Waals surface area (Å²) in [5.41, 5.74) is 1.93. The summed E-state index contributed by atoms with van der Waals surface area (Å²) in [4.78, 5) is 20.9. The fourth-order valence-corrected chi connectivity index (χ4v) is 2.71. The third-order valence-corrected chi connectivity index (χ3v) is 4.12. The minimum Gasteiger partial charge on any atom is -0.385 e. The van der Waals surface area contributed by atoms with Gasteiger partial charge in [0, 0.05) is 23.1 Å². The lowest BCUT2D eigenvalue weighted by molar-refractivity contribution is -0.120. The molecule has 0 aliphatic heterocycles. The molecule has 2 N–H and O–H groups in total. The second-order valence-corrected chi connectivity index (χ2v) is 6.46. The van der Waals surface area contributed by atoms with E-state index in [9.17, 15) is 9.90 Å². The van der Waals surface area contributed by atoms with Gasteiger partial charge in [-0.3, -0.25) is 4.79 Å². The molecule has 0 aliphatic carbocycles. The molecular weight excluding hydrogens is 326 g/mol. The van der Waals surface area contributed by atoms with Crippen LogP contribution in [0.3, 0.4) is 0 Å². The van der Waals surface area contributed by atoms with E-state index in [2.05, 4.69) is 15.3 Å². The van der Waals surface area contributed by atoms with Crippen molar-refractivity contribution in [1.29, 1.82) is 0 Å². The molecule has 1 atom stereocenters. The number of carbonyl (C=O) groups excluding carboxylic acids is 1. The average Bonchev–Trinajstić information content (AvgIpc) is 2.62. The normalized spacial score (nSPS) is 13.0. The first-order valence-corrected chi connectivity index (χ1v) is 8.42. The zero-order chi connectivity index (χ0) is 18.6. The summed E-state index contributed by atoms with van der Waals surface area (Å²) in [7, 11) is 0. The number of hydrogen-bond donors (Lipinski definition) is 2. The van der Waals surface area contributed by atoms with E-state index in [4.69, 9.17) is 0 Å². The molecule has 0 saturated heterocycles. The number of nitrogens with zero attached hydrogens (tertiary/aromatic N) is 2. The van der Waals surface area contributed by atoms with Crippen LogP contribution in [0, 0.1) is 6.92 Å². The van der Waals surface area contributed by atoms with Crippen molar-refractivity contribution in [3.8, 4) is 11.4 Å². The van der Waals surface area contributed by atoms with Crippen molar-refractivity contribution < 1.29 is 9.90 Å². The number of carbonyl (C=O) groups is 1. The summed E-state index contributed by atoms with van der Waals surface area (Å²) in [6.07, 6.45) is 1.69. The highest BCUT2D eigenvalue weighted by atomic mass is 16.3. The fourth-order valence-electron chi connectivity index (χ4n) is 2.71. The molecule has 0 fully saturated rings. The van der Waals surface area contributed by atoms with Crippen molar-refractivity contribution in [2.75, 3.05) is 5.32 Å². The zero-order valence-corrected chi connectivity index (χ0v) is 14.8. The SMILES string of the molecule is Cc1ccnc(-c2ccc(NC(=O)CC(C)(O)c3ccccc3)cc2)n1. The Bertz CT molecular complexity index is 891. The molecule has 0 saturated carbocycles. The van der Waals surface area contributed by atoms with Gasteiger partial charge in [0.2, 0.25) is 5.91 Å². The van der Waals surface area contributed by atoms with E-state index in [0.717, 1.165) is 11.3 Å². The van der Waals surface area contributed by atoms with Gasteiger partial charge in [0.05, 0.1) is 12.0 Å². The van der Waals surface area contributed by atoms with Crippen molar-refractivity contribution in [3.63, 3.8) is 0 Å². The minimum atomic E-state index is -1.22. The highest BCUT2D eigenvalue weighted by Gasteiger charge is 2.26. The molecule has 1 heterocycles. The number of aromatic nitrogens is 2. The molecule has 1 unspecified atom stereocenters. The number of aliphatic hydroxyl groups is 1. The third kappa shape index (κ3) is 4.32. The highest BCUT2D eigenvalue weighted by molar-refractivity contribution is 5.91. The number of benzene rings is 2. The predicted octanol–water partition coefficient (Wildman–Crippen LogP) is 3.69. The lowest BCUT2D eigenvalue weighted by Gasteiger charge is -2.23. The van der Waals surface area contributed by atoms with Gasteiger partial charge < -0.3 is 10.4 Å². The molecule has 0 aliphatic rings. The maximum atomic E-state index is 12.3. The molecule has 1 aromatic heterocycles. The van der Waals surface area contributed by atoms with Crippen LogP contribution in [-0.2, 0) is 10.4 Å². The Hall–Kier alpha value is -3.05. The van der Waals surface area contributed by atoms with E-state index in [1.54, 1.807) is 25.3 Å². The van der Waals surface area contributed by atoms with Gasteiger partial charge in [0.1, 0.15) is 0 Å². The van der Waals surface area contributed by atoms with Crippen molar-refractivity contribution in [2.45, 2.75) is 25.9 Å². The predicted molar refractivity (Wildman–Crippen MR) is 101 cm³/mol. The van der Waals surface area contributed by atoms with Gasteiger partial charge in [-0.2, -0.15) is 0 Å². The van der Waals surface area contributed by atoms with Crippen LogP contribution in [-0.4, -0.2) is 21.0 Å². The Morgan fingerprint density at radius 2 is 1.77 bits per heavy atom. The van der Waals surface area contributed by atoms with Crippen molar-refractivity contribution in [1.82, 2.24) is 9.97 Å². The summed E-state index contributed by atoms with van der Waals surface area (Å²) in [5.74, 6) is 0.397. The standard InChI is InChI=1S/C21H21N3O2/c1-15-12-13-22-20(23-15)16-8-10-18(11-9-16)24-19(25)14-21(2,26)17-6-4-3-5-7-17/h3-13,26H,14H2,1-2H3,(H,24,25). The van der Waals surface area contributed by atoms with Gasteiger partial charge in [-0.1, -0.05) is 30.3 Å². The van der Waals surface area contributed by atoms with Gasteiger partial charge in [-0.05, 0) is 49.7 Å². The Kier molecular flexibility index (Phi) is 5.09. The van der Waals surface area contributed by atoms with Crippen LogP contribution in [0.25, 0.3) is 11.4 Å². The summed E-state index contributed by atoms with van der Waals surface area (Å²) >= 11 is 0. The van der Waals surface area contributed by atoms with E-state index in [1.807, 2.05) is 55.5 Å². The number of hydrogen-bond acceptors (Lipinski definition) is 4. The molecule has 0 radical (unpaired) electrons. The van der Waals surface area contributed by atoms with E-state index < -0.39 is 5.60 Å². The van der Waals surface area contributed by atoms with Gasteiger partial charge in [-0.15, -0.1) is 0 Å². The van der Waals surface area contributed by atoms with E-state index in [-0.39, 0.29) is 12.3 Å². The second kappa shape index (κ2) is 7.45. The second-order valence-electron chi connectivity index (χ2n) is 6.46. The molecule has 5 heteroatoms. The van der Waals surface area contributed by atoms with Gasteiger partial charge >= 0.3 is 0 Å². The monoisotopic (exact) mass is 347 g/mol. The van der Waals surface area contributed by atoms with E-state index in [0.29, 0.717) is 17.1 Å². The van der Waals surface area contributed by atoms with Crippen LogP contribution in [0.2, 0.25) is 0 Å². The van der Waals surface area contributed by atoms with Crippen LogP contribution in [0.1, 0.15) is 24.6 Å². The number of amides is 1. The van der Waals surface area contributed by atoms with Crippen molar-refractivity contribution >= 4 is 11.6 Å². The van der Waals surface area contributed by atoms with Crippen LogP contribution < -0.4 is 5.32 Å². The lowest BCUT2D eigenvalue weighted by atomic mass is 9.92. The van der Waals surface area contributed by atoms with Gasteiger partial charge in [0.15, 0.2) is 5.82 Å². The topological polar surface area (TPSA) is 75.1 Å². The first kappa shape index (κ1) is 17.8. The minimum absolute atomic E-state index is 0.0280. The summed E-state index contributed by atoms with van der Waals surface area (Å²) in [6.45, 7) is 3.55. The van der Waals surface area contributed by atoms with Gasteiger partial charge in [0.25, 0.3) is 0 Å². The van der Waals surface area contributed by atoms with Crippen LogP contribution in [0.4, 0.5) is 5.69 Å². The number of anilines is 1. The van der Waals surface area contributed by atoms with Crippen molar-refractivity contribution in [2.24, 2.45) is 0 Å². The van der Waals surface area contributed by atoms with E-state index >= 15 is 0 Å². The smallest absolute Gasteiger partial charge is 0.227 e. The molecule has 1 amide bonds. The Morgan fingerprint density at radius 3 is 2.42 bits per heavy atom. The van der Waals surface area contributed by atoms with Crippen LogP contribution in [0.5, 0.6) is 0 Å². The fraction of sp³-hybridized carbons (Fsp3) is 0.190. The van der Waals surface area contributed by atoms with Crippen LogP contribution >= 0.6 is 0 Å². The summed E-state index contributed by atoms with van der Waals surface area (Å²) < 4.78 is 0. The molecule has 0 bridgehead atoms. The number of nitrogens with one attached hydrogen (secondary N) is 1. The van der Waals surface area contributed by atoms with Crippen LogP contribution in [0.15, 0.2) is 66.9 Å². The number of rotatable bonds is 5. The zero-order valence-electron chi connectivity index (χ0n) is 14.8.